The van der Waals surface area contributed by atoms with E-state index in [1.165, 1.54) is 0 Å². The van der Waals surface area contributed by atoms with Crippen molar-refractivity contribution in [3.05, 3.63) is 47.6 Å². The van der Waals surface area contributed by atoms with Crippen LogP contribution >= 0.6 is 11.6 Å². The van der Waals surface area contributed by atoms with Crippen molar-refractivity contribution >= 4 is 28.9 Å². The molecule has 8 nitrogen and oxygen atoms in total. The number of benzene rings is 2. The average molecular weight is 498 g/mol. The fraction of sp³-hybridized carbons (Fsp3) is 0.385. The van der Waals surface area contributed by atoms with Gasteiger partial charge in [-0.3, -0.25) is 0 Å². The van der Waals surface area contributed by atoms with Gasteiger partial charge in [-0.05, 0) is 51.2 Å². The van der Waals surface area contributed by atoms with Crippen LogP contribution in [-0.2, 0) is 0 Å². The lowest BCUT2D eigenvalue weighted by Crippen LogP contribution is -2.44. The van der Waals surface area contributed by atoms with Gasteiger partial charge in [0.15, 0.2) is 11.5 Å². The molecule has 3 aromatic rings. The molecule has 0 amide bonds. The smallest absolute Gasteiger partial charge is 0.227 e. The first kappa shape index (κ1) is 24.9. The van der Waals surface area contributed by atoms with Gasteiger partial charge in [0.1, 0.15) is 5.75 Å². The number of ether oxygens (including phenoxy) is 3. The minimum Gasteiger partial charge on any atom is -0.493 e. The number of halogens is 1. The van der Waals surface area contributed by atoms with E-state index in [0.717, 1.165) is 48.9 Å². The second kappa shape index (κ2) is 11.0. The normalized spacial score (nSPS) is 14.2. The van der Waals surface area contributed by atoms with Crippen molar-refractivity contribution < 1.29 is 14.2 Å². The Bertz CT molecular complexity index is 1170. The summed E-state index contributed by atoms with van der Waals surface area (Å²) in [6.07, 6.45) is 1.65. The molecule has 1 fully saturated rings. The lowest BCUT2D eigenvalue weighted by molar-refractivity contribution is 0.241. The summed E-state index contributed by atoms with van der Waals surface area (Å²) in [5.74, 6) is 2.51. The van der Waals surface area contributed by atoms with Crippen LogP contribution < -0.4 is 24.4 Å². The molecular formula is C26H32ClN5O3. The van der Waals surface area contributed by atoms with Crippen LogP contribution in [0.25, 0.3) is 11.3 Å². The molecule has 0 atom stereocenters. The molecule has 2 heterocycles. The highest BCUT2D eigenvalue weighted by Gasteiger charge is 2.19. The number of hydrogen-bond acceptors (Lipinski definition) is 8. The molecule has 0 radical (unpaired) electrons. The van der Waals surface area contributed by atoms with Crippen molar-refractivity contribution in [2.24, 2.45) is 0 Å². The molecule has 0 spiro atoms. The van der Waals surface area contributed by atoms with Crippen LogP contribution in [0.1, 0.15) is 13.8 Å². The van der Waals surface area contributed by atoms with Gasteiger partial charge >= 0.3 is 0 Å². The zero-order valence-electron chi connectivity index (χ0n) is 20.8. The quantitative estimate of drug-likeness (QED) is 0.461. The van der Waals surface area contributed by atoms with E-state index >= 15 is 0 Å². The summed E-state index contributed by atoms with van der Waals surface area (Å²) >= 11 is 6.45. The van der Waals surface area contributed by atoms with Crippen molar-refractivity contribution in [1.29, 1.82) is 0 Å². The maximum atomic E-state index is 6.45. The third kappa shape index (κ3) is 5.89. The highest BCUT2D eigenvalue weighted by molar-refractivity contribution is 6.32. The van der Waals surface area contributed by atoms with Gasteiger partial charge in [0, 0.05) is 43.5 Å². The predicted molar refractivity (Wildman–Crippen MR) is 141 cm³/mol. The van der Waals surface area contributed by atoms with Gasteiger partial charge in [0.25, 0.3) is 0 Å². The maximum Gasteiger partial charge on any atom is 0.227 e. The van der Waals surface area contributed by atoms with Crippen molar-refractivity contribution in [3.63, 3.8) is 0 Å². The second-order valence-electron chi connectivity index (χ2n) is 8.72. The largest absolute Gasteiger partial charge is 0.493 e. The number of aromatic nitrogens is 2. The summed E-state index contributed by atoms with van der Waals surface area (Å²) in [4.78, 5) is 13.8. The topological polar surface area (TPSA) is 72.0 Å². The molecule has 1 saturated heterocycles. The Morgan fingerprint density at radius 3 is 2.37 bits per heavy atom. The van der Waals surface area contributed by atoms with Crippen LogP contribution in [0.2, 0.25) is 5.02 Å². The lowest BCUT2D eigenvalue weighted by Gasteiger charge is -2.35. The number of nitrogens with one attached hydrogen (secondary N) is 1. The van der Waals surface area contributed by atoms with Crippen molar-refractivity contribution in [2.75, 3.05) is 57.7 Å². The molecule has 0 unspecified atom stereocenters. The maximum absolute atomic E-state index is 6.45. The van der Waals surface area contributed by atoms with Crippen LogP contribution in [0, 0.1) is 0 Å². The van der Waals surface area contributed by atoms with Gasteiger partial charge in [-0.1, -0.05) is 11.6 Å². The van der Waals surface area contributed by atoms with Crippen LogP contribution in [0.5, 0.6) is 17.2 Å². The molecule has 4 rings (SSSR count). The number of hydrogen-bond donors (Lipinski definition) is 1. The summed E-state index contributed by atoms with van der Waals surface area (Å²) in [5, 5.41) is 3.74. The number of rotatable bonds is 8. The third-order valence-electron chi connectivity index (χ3n) is 5.82. The molecule has 1 N–H and O–H groups in total. The molecular weight excluding hydrogens is 466 g/mol. The Labute approximate surface area is 211 Å². The van der Waals surface area contributed by atoms with Gasteiger partial charge in [-0.15, -0.1) is 0 Å². The van der Waals surface area contributed by atoms with Gasteiger partial charge < -0.3 is 29.3 Å². The molecule has 1 aliphatic heterocycles. The number of likely N-dealkylation sites (N-methyl/N-ethyl adjacent to an activating group) is 1. The van der Waals surface area contributed by atoms with E-state index in [1.54, 1.807) is 20.4 Å². The molecule has 0 bridgehead atoms. The molecule has 35 heavy (non-hydrogen) atoms. The van der Waals surface area contributed by atoms with E-state index in [1.807, 2.05) is 44.2 Å². The Kier molecular flexibility index (Phi) is 7.83. The van der Waals surface area contributed by atoms with Gasteiger partial charge in [-0.2, -0.15) is 0 Å². The average Bonchev–Trinajstić information content (AvgIpc) is 2.85. The second-order valence-corrected chi connectivity index (χ2v) is 9.13. The van der Waals surface area contributed by atoms with Crippen LogP contribution in [0.4, 0.5) is 17.3 Å². The van der Waals surface area contributed by atoms with E-state index < -0.39 is 0 Å². The van der Waals surface area contributed by atoms with Crippen LogP contribution in [-0.4, -0.2) is 68.4 Å². The van der Waals surface area contributed by atoms with Crippen LogP contribution in [0.15, 0.2) is 42.6 Å². The monoisotopic (exact) mass is 497 g/mol. The predicted octanol–water partition coefficient (Wildman–Crippen LogP) is 5.10. The standard InChI is InChI=1S/C26H32ClN5O3/c1-17(2)35-23-15-19(7-8-21(23)32-12-10-31(3)11-13-32)29-26-28-16-20(27)25(30-26)18-6-9-22(33-4)24(14-18)34-5/h6-9,14-17H,10-13H2,1-5H3,(H,28,29,30). The molecule has 186 valence electrons. The Balaban J connectivity index is 1.61. The summed E-state index contributed by atoms with van der Waals surface area (Å²) in [6.45, 7) is 8.05. The van der Waals surface area contributed by atoms with E-state index in [-0.39, 0.29) is 6.10 Å². The Morgan fingerprint density at radius 1 is 0.943 bits per heavy atom. The number of piperazine rings is 1. The molecule has 2 aromatic carbocycles. The molecule has 9 heteroatoms. The zero-order chi connectivity index (χ0) is 24.9. The highest BCUT2D eigenvalue weighted by atomic mass is 35.5. The molecule has 1 aliphatic rings. The molecule has 0 aliphatic carbocycles. The van der Waals surface area contributed by atoms with Crippen molar-refractivity contribution in [3.8, 4) is 28.5 Å². The number of anilines is 3. The number of nitrogens with zero attached hydrogens (tertiary/aromatic N) is 4. The fourth-order valence-electron chi connectivity index (χ4n) is 3.99. The van der Waals surface area contributed by atoms with Crippen molar-refractivity contribution in [1.82, 2.24) is 14.9 Å². The first-order valence-electron chi connectivity index (χ1n) is 11.6. The highest BCUT2D eigenvalue weighted by Crippen LogP contribution is 2.36. The first-order valence-corrected chi connectivity index (χ1v) is 12.0. The molecule has 1 aromatic heterocycles. The van der Waals surface area contributed by atoms with Gasteiger partial charge in [0.2, 0.25) is 5.95 Å². The Hall–Kier alpha value is -3.23. The minimum atomic E-state index is 0.0555. The summed E-state index contributed by atoms with van der Waals surface area (Å²) in [7, 11) is 5.35. The van der Waals surface area contributed by atoms with E-state index in [0.29, 0.717) is 28.2 Å². The number of methoxy groups -OCH3 is 2. The molecule has 0 saturated carbocycles. The fourth-order valence-corrected chi connectivity index (χ4v) is 4.19. The first-order chi connectivity index (χ1) is 16.9. The summed E-state index contributed by atoms with van der Waals surface area (Å²) < 4.78 is 16.9. The van der Waals surface area contributed by atoms with Crippen molar-refractivity contribution in [2.45, 2.75) is 20.0 Å². The lowest BCUT2D eigenvalue weighted by atomic mass is 10.1. The van der Waals surface area contributed by atoms with E-state index in [4.69, 9.17) is 25.8 Å². The van der Waals surface area contributed by atoms with Gasteiger partial charge in [-0.25, -0.2) is 9.97 Å². The SMILES string of the molecule is COc1ccc(-c2nc(Nc3ccc(N4CCN(C)CC4)c(OC(C)C)c3)ncc2Cl)cc1OC. The summed E-state index contributed by atoms with van der Waals surface area (Å²) in [6, 6.07) is 11.7. The zero-order valence-corrected chi connectivity index (χ0v) is 21.6. The third-order valence-corrected chi connectivity index (χ3v) is 6.10. The van der Waals surface area contributed by atoms with E-state index in [9.17, 15) is 0 Å². The van der Waals surface area contributed by atoms with Gasteiger partial charge in [0.05, 0.1) is 42.9 Å². The Morgan fingerprint density at radius 2 is 1.69 bits per heavy atom. The van der Waals surface area contributed by atoms with Crippen LogP contribution in [0.3, 0.4) is 0 Å². The van der Waals surface area contributed by atoms with E-state index in [2.05, 4.69) is 38.2 Å². The minimum absolute atomic E-state index is 0.0555. The summed E-state index contributed by atoms with van der Waals surface area (Å²) in [5.41, 5.74) is 3.32.